The largest absolute Gasteiger partial charge is 0.624 e. The van der Waals surface area contributed by atoms with E-state index in [0.29, 0.717) is 71.3 Å². The summed E-state index contributed by atoms with van der Waals surface area (Å²) in [5.74, 6) is 3.39. The Balaban J connectivity index is 0.000000168. The second-order valence-corrected chi connectivity index (χ2v) is 43.1. The Hall–Kier alpha value is -12.1. The molecule has 10 atom stereocenters. The second kappa shape index (κ2) is 55.1. The molecule has 700 valence electrons. The number of benzene rings is 12. The number of fused-ring (bicyclic) bond motifs is 2. The number of terminal acetylenes is 1. The number of carbonyl (C=O) groups excluding carboxylic acids is 2. The Kier molecular flexibility index (Phi) is 42.8. The molecule has 4 saturated heterocycles. The minimum absolute atomic E-state index is 0.00820. The van der Waals surface area contributed by atoms with E-state index in [0.717, 1.165) is 101 Å². The lowest BCUT2D eigenvalue weighted by molar-refractivity contribution is -0.504. The van der Waals surface area contributed by atoms with Gasteiger partial charge in [0.15, 0.2) is 6.21 Å². The highest BCUT2D eigenvalue weighted by Gasteiger charge is 2.60. The van der Waals surface area contributed by atoms with Crippen LogP contribution >= 0.6 is 0 Å². The van der Waals surface area contributed by atoms with Gasteiger partial charge in [0.1, 0.15) is 12.7 Å². The van der Waals surface area contributed by atoms with Crippen LogP contribution in [0.2, 0.25) is 0 Å². The molecule has 2 amide bonds. The minimum atomic E-state index is -1.79. The van der Waals surface area contributed by atoms with E-state index in [2.05, 4.69) is 127 Å². The van der Waals surface area contributed by atoms with Gasteiger partial charge in [-0.05, 0) is 75.3 Å². The van der Waals surface area contributed by atoms with Crippen LogP contribution in [0.1, 0.15) is 141 Å². The van der Waals surface area contributed by atoms with Crippen molar-refractivity contribution in [2.45, 2.75) is 196 Å². The molecule has 0 N–H and O–H groups in total. The number of β-lactam (4-membered cyclic amide) rings is 2. The third-order valence-electron chi connectivity index (χ3n) is 23.2. The molecule has 19 heteroatoms. The quantitative estimate of drug-likeness (QED) is 0.0141. The summed E-state index contributed by atoms with van der Waals surface area (Å²) in [5.41, 5.74) is 7.44. The van der Waals surface area contributed by atoms with Gasteiger partial charge in [0.25, 0.3) is 0 Å². The summed E-state index contributed by atoms with van der Waals surface area (Å²) in [6.45, 7) is 25.8. The normalized spacial score (nSPS) is 18.6. The fraction of sp³-hybridized carbons (Fsp3) is 0.328. The number of nitrogens with zero attached hydrogens (tertiary/aromatic N) is 4. The number of hydroxylamine groups is 1. The first kappa shape index (κ1) is 105. The summed E-state index contributed by atoms with van der Waals surface area (Å²) in [5, 5.41) is 24.8. The van der Waals surface area contributed by atoms with Crippen molar-refractivity contribution in [1.29, 1.82) is 5.26 Å². The number of rotatable bonds is 29. The lowest BCUT2D eigenvalue weighted by Gasteiger charge is -2.47. The summed E-state index contributed by atoms with van der Waals surface area (Å²) in [6, 6.07) is 120. The van der Waals surface area contributed by atoms with Crippen LogP contribution < -0.4 is 31.1 Å². The predicted octanol–water partition coefficient (Wildman–Crippen LogP) is 19.0. The Morgan fingerprint density at radius 3 is 0.800 bits per heavy atom. The van der Waals surface area contributed by atoms with Gasteiger partial charge in [0, 0.05) is 56.5 Å². The standard InChI is InChI=1S/2C26H33NO3.C19H21NO3.3C12H10OSi.C7H12.C2H3N/c2*1-26(2,3)15-21-22-14-24(30-17-20-12-8-5-9-13-20)23(27(22)25(21)28)18-29-16-19-10-6-4-7-11-19;21-20-12-11-19(23-14-17-9-5-2-6-10-17)18(20)15-22-13-16-7-3-1-4-8-16;3*13-14(11-7-3-1-4-8-11)12-9-5-2-6-10-12;1-5-6-7(2,3)4;1-2-3/h2*4-13,21-24H,14-18H2,1-3H3;1-10,12,18-19H,11,13-15H2;3*1-10H;1H,6H2,2-4H3;1H3/t21-,22+,23-,24-;21-,22-,23+,24+;18-,19-;;;;;/m010...../s1. The first-order valence-electron chi connectivity index (χ1n) is 46.7. The fourth-order valence-corrected chi connectivity index (χ4v) is 20.6. The minimum Gasteiger partial charge on any atom is -0.624 e. The molecule has 0 aliphatic carbocycles. The molecular weight excluding hydrogens is 1730 g/mol. The molecule has 5 heterocycles. The monoisotopic (exact) mass is 1860 g/mol. The zero-order chi connectivity index (χ0) is 96.2. The number of nitriles is 1. The molecule has 12 aromatic carbocycles. The maximum Gasteiger partial charge on any atom is 0.346 e. The van der Waals surface area contributed by atoms with Crippen molar-refractivity contribution >= 4 is 75.2 Å². The van der Waals surface area contributed by atoms with Gasteiger partial charge in [0.2, 0.25) is 17.9 Å². The molecule has 4 fully saturated rings. The number of hydrogen-bond donors (Lipinski definition) is 0. The van der Waals surface area contributed by atoms with Crippen LogP contribution in [-0.2, 0) is 91.0 Å². The van der Waals surface area contributed by atoms with E-state index in [1.54, 1.807) is 12.3 Å². The zero-order valence-corrected chi connectivity index (χ0v) is 82.9. The molecule has 0 spiro atoms. The van der Waals surface area contributed by atoms with Crippen LogP contribution in [0.5, 0.6) is 0 Å². The number of ether oxygens (including phenoxy) is 6. The SMILES string of the molecule is C#CCC(C)(C)C.CC#N.CC(C)(C)C[C@@H]1C(=O)N2[C@@H]1C[C@H](OCc1ccccc1)[C@@H]2COCc1ccccc1.CC(C)(C)C[C@H]1C(=O)N2[C@@H]1C[C@H](OCc1ccccc1)[C@@H]2COCc1ccccc1.O=[Si](c1ccccc1)c1ccccc1.O=[Si](c1ccccc1)c1ccccc1.O=[Si](c1ccccc1)c1ccccc1.[O-][N+]1=CC[C@H](OCc2ccccc2)[C@@H]1COCc1ccccc1. The van der Waals surface area contributed by atoms with Crippen LogP contribution in [-0.4, -0.2) is 127 Å². The van der Waals surface area contributed by atoms with Crippen molar-refractivity contribution in [2.24, 2.45) is 28.1 Å². The molecule has 5 aliphatic rings. The van der Waals surface area contributed by atoms with Crippen molar-refractivity contribution in [1.82, 2.24) is 9.80 Å². The van der Waals surface area contributed by atoms with Crippen LogP contribution in [0.15, 0.2) is 364 Å². The number of hydrogen-bond acceptors (Lipinski definition) is 13. The van der Waals surface area contributed by atoms with Gasteiger partial charge < -0.3 is 56.8 Å². The van der Waals surface area contributed by atoms with E-state index in [1.165, 1.54) is 6.92 Å². The van der Waals surface area contributed by atoms with E-state index < -0.39 is 26.0 Å². The first-order chi connectivity index (χ1) is 65.3. The highest BCUT2D eigenvalue weighted by Crippen LogP contribution is 2.47. The van der Waals surface area contributed by atoms with E-state index in [4.69, 9.17) is 40.1 Å². The summed E-state index contributed by atoms with van der Waals surface area (Å²) < 4.78 is 73.5. The zero-order valence-electron chi connectivity index (χ0n) is 79.9. The van der Waals surface area contributed by atoms with Crippen LogP contribution in [0.4, 0.5) is 0 Å². The number of carbonyl (C=O) groups is 2. The van der Waals surface area contributed by atoms with Crippen LogP contribution in [0.25, 0.3) is 0 Å². The molecular formula is C116H132N4O12Si3. The average molecular weight is 1860 g/mol. The van der Waals surface area contributed by atoms with Gasteiger partial charge in [-0.25, -0.2) is 4.74 Å². The Bertz CT molecular complexity index is 5130. The second-order valence-electron chi connectivity index (χ2n) is 37.7. The van der Waals surface area contributed by atoms with Crippen molar-refractivity contribution in [2.75, 3.05) is 19.8 Å². The van der Waals surface area contributed by atoms with E-state index in [9.17, 15) is 28.2 Å². The Labute approximate surface area is 806 Å². The predicted molar refractivity (Wildman–Crippen MR) is 545 cm³/mol. The van der Waals surface area contributed by atoms with Gasteiger partial charge in [0.05, 0.1) is 101 Å². The highest BCUT2D eigenvalue weighted by molar-refractivity contribution is 6.73. The molecule has 17 rings (SSSR count). The molecule has 135 heavy (non-hydrogen) atoms. The van der Waals surface area contributed by atoms with Gasteiger partial charge in [-0.2, -0.15) is 5.26 Å². The van der Waals surface area contributed by atoms with Crippen molar-refractivity contribution in [3.8, 4) is 18.4 Å². The van der Waals surface area contributed by atoms with Crippen molar-refractivity contribution in [3.05, 3.63) is 403 Å². The first-order valence-corrected chi connectivity index (χ1v) is 50.9. The fourth-order valence-electron chi connectivity index (χ4n) is 16.6. The summed E-state index contributed by atoms with van der Waals surface area (Å²) in [6.07, 6.45) is 11.8. The topological polar surface area (TPSA) is 197 Å². The molecule has 0 radical (unpaired) electrons. The van der Waals surface area contributed by atoms with Crippen LogP contribution in [0, 0.1) is 57.0 Å². The molecule has 0 saturated carbocycles. The van der Waals surface area contributed by atoms with E-state index in [1.807, 2.05) is 315 Å². The number of amides is 2. The van der Waals surface area contributed by atoms with Crippen molar-refractivity contribution in [3.63, 3.8) is 0 Å². The van der Waals surface area contributed by atoms with Gasteiger partial charge in [-0.1, -0.05) is 426 Å². The van der Waals surface area contributed by atoms with Gasteiger partial charge >= 0.3 is 26.0 Å². The van der Waals surface area contributed by atoms with Gasteiger partial charge in [-0.3, -0.25) is 9.59 Å². The third kappa shape index (κ3) is 35.0. The third-order valence-corrected chi connectivity index (χ3v) is 28.4. The summed E-state index contributed by atoms with van der Waals surface area (Å²) >= 11 is 0. The van der Waals surface area contributed by atoms with E-state index in [-0.39, 0.29) is 83.0 Å². The smallest absolute Gasteiger partial charge is 0.346 e. The summed E-state index contributed by atoms with van der Waals surface area (Å²) in [4.78, 5) is 30.1. The maximum atomic E-state index is 13.0. The highest BCUT2D eigenvalue weighted by atomic mass is 28.3. The van der Waals surface area contributed by atoms with E-state index >= 15 is 0 Å². The van der Waals surface area contributed by atoms with Crippen LogP contribution in [0.3, 0.4) is 0 Å². The van der Waals surface area contributed by atoms with Gasteiger partial charge in [-0.15, -0.1) is 12.3 Å². The maximum absolute atomic E-state index is 13.0. The molecule has 0 aromatic heterocycles. The molecule has 5 aliphatic heterocycles. The molecule has 16 nitrogen and oxygen atoms in total. The lowest BCUT2D eigenvalue weighted by Crippen LogP contribution is -2.62. The van der Waals surface area contributed by atoms with Crippen molar-refractivity contribution < 1.29 is 56.1 Å². The molecule has 0 bridgehead atoms. The lowest BCUT2D eigenvalue weighted by atomic mass is 9.76. The molecule has 0 unspecified atom stereocenters. The molecule has 12 aromatic rings. The summed E-state index contributed by atoms with van der Waals surface area (Å²) in [7, 11) is -5.38. The Morgan fingerprint density at radius 1 is 0.356 bits per heavy atom. The average Bonchev–Trinajstić information content (AvgIpc) is 1.59. The Morgan fingerprint density at radius 2 is 0.578 bits per heavy atom.